The molecule has 1 aromatic rings. The highest BCUT2D eigenvalue weighted by Crippen LogP contribution is 2.31. The second kappa shape index (κ2) is 8.93. The first kappa shape index (κ1) is 19.4. The Morgan fingerprint density at radius 2 is 2.24 bits per heavy atom. The SMILES string of the molecule is CCCCCOC[C@H]1O[C@@H](n2ccc(N)nc2=O)[C@@H](O)[C@@H]1OC(C)=O. The van der Waals surface area contributed by atoms with Gasteiger partial charge in [0.1, 0.15) is 18.0 Å². The van der Waals surface area contributed by atoms with Gasteiger partial charge in [0.15, 0.2) is 12.3 Å². The van der Waals surface area contributed by atoms with Gasteiger partial charge in [-0.2, -0.15) is 4.98 Å². The van der Waals surface area contributed by atoms with Crippen molar-refractivity contribution >= 4 is 11.8 Å². The Bertz CT molecular complexity index is 635. The van der Waals surface area contributed by atoms with Gasteiger partial charge in [-0.3, -0.25) is 9.36 Å². The van der Waals surface area contributed by atoms with Gasteiger partial charge in [0.05, 0.1) is 6.61 Å². The summed E-state index contributed by atoms with van der Waals surface area (Å²) in [6, 6.07) is 1.42. The van der Waals surface area contributed by atoms with E-state index in [2.05, 4.69) is 11.9 Å². The Morgan fingerprint density at radius 1 is 1.48 bits per heavy atom. The van der Waals surface area contributed by atoms with E-state index in [1.165, 1.54) is 19.2 Å². The molecule has 1 aromatic heterocycles. The minimum absolute atomic E-state index is 0.0704. The lowest BCUT2D eigenvalue weighted by molar-refractivity contribution is -0.154. The van der Waals surface area contributed by atoms with Gasteiger partial charge < -0.3 is 25.1 Å². The van der Waals surface area contributed by atoms with Crippen LogP contribution in [-0.2, 0) is 19.0 Å². The predicted octanol–water partition coefficient (Wildman–Crippen LogP) is 0.222. The van der Waals surface area contributed by atoms with E-state index in [0.29, 0.717) is 6.61 Å². The number of nitrogen functional groups attached to an aromatic ring is 1. The Morgan fingerprint density at radius 3 is 2.88 bits per heavy atom. The number of ether oxygens (including phenoxy) is 3. The molecule has 25 heavy (non-hydrogen) atoms. The lowest BCUT2D eigenvalue weighted by atomic mass is 10.1. The molecule has 140 valence electrons. The van der Waals surface area contributed by atoms with E-state index in [9.17, 15) is 14.7 Å². The lowest BCUT2D eigenvalue weighted by Crippen LogP contribution is -2.39. The van der Waals surface area contributed by atoms with Crippen molar-refractivity contribution in [2.24, 2.45) is 0 Å². The number of aliphatic hydroxyl groups excluding tert-OH is 1. The quantitative estimate of drug-likeness (QED) is 0.501. The van der Waals surface area contributed by atoms with Crippen molar-refractivity contribution in [1.29, 1.82) is 0 Å². The van der Waals surface area contributed by atoms with Crippen molar-refractivity contribution in [2.45, 2.75) is 57.6 Å². The number of esters is 1. The molecule has 1 saturated heterocycles. The van der Waals surface area contributed by atoms with Crippen LogP contribution in [0.2, 0.25) is 0 Å². The molecule has 0 aliphatic carbocycles. The molecule has 0 unspecified atom stereocenters. The molecule has 0 radical (unpaired) electrons. The molecule has 3 N–H and O–H groups in total. The Hall–Kier alpha value is -1.97. The van der Waals surface area contributed by atoms with Crippen LogP contribution in [-0.4, -0.2) is 52.2 Å². The molecule has 0 amide bonds. The van der Waals surface area contributed by atoms with E-state index in [0.717, 1.165) is 23.8 Å². The number of anilines is 1. The smallest absolute Gasteiger partial charge is 0.351 e. The molecule has 0 saturated carbocycles. The van der Waals surface area contributed by atoms with Gasteiger partial charge in [0.2, 0.25) is 0 Å². The van der Waals surface area contributed by atoms with Gasteiger partial charge in [0, 0.05) is 19.7 Å². The number of hydrogen-bond acceptors (Lipinski definition) is 8. The summed E-state index contributed by atoms with van der Waals surface area (Å²) in [4.78, 5) is 26.9. The molecule has 1 aliphatic heterocycles. The first-order valence-corrected chi connectivity index (χ1v) is 8.37. The van der Waals surface area contributed by atoms with Gasteiger partial charge in [-0.05, 0) is 12.5 Å². The molecule has 0 bridgehead atoms. The topological polar surface area (TPSA) is 126 Å². The number of aliphatic hydroxyl groups is 1. The van der Waals surface area contributed by atoms with Gasteiger partial charge in [0.25, 0.3) is 0 Å². The normalized spacial score (nSPS) is 25.9. The van der Waals surface area contributed by atoms with Gasteiger partial charge in [-0.15, -0.1) is 0 Å². The third-order valence-corrected chi connectivity index (χ3v) is 3.91. The molecule has 0 aromatic carbocycles. The number of rotatable bonds is 8. The van der Waals surface area contributed by atoms with Crippen LogP contribution in [0.4, 0.5) is 5.82 Å². The summed E-state index contributed by atoms with van der Waals surface area (Å²) < 4.78 is 17.6. The van der Waals surface area contributed by atoms with Crippen LogP contribution in [0.1, 0.15) is 39.3 Å². The molecule has 9 heteroatoms. The van der Waals surface area contributed by atoms with Gasteiger partial charge in [-0.1, -0.05) is 19.8 Å². The van der Waals surface area contributed by atoms with E-state index in [4.69, 9.17) is 19.9 Å². The van der Waals surface area contributed by atoms with Crippen molar-refractivity contribution in [3.05, 3.63) is 22.7 Å². The maximum absolute atomic E-state index is 12.0. The van der Waals surface area contributed by atoms with Crippen LogP contribution >= 0.6 is 0 Å². The number of unbranched alkanes of at least 4 members (excludes halogenated alkanes) is 2. The minimum atomic E-state index is -1.23. The van der Waals surface area contributed by atoms with Crippen LogP contribution < -0.4 is 11.4 Å². The fourth-order valence-corrected chi connectivity index (χ4v) is 2.69. The summed E-state index contributed by atoms with van der Waals surface area (Å²) in [7, 11) is 0. The third-order valence-electron chi connectivity index (χ3n) is 3.91. The van der Waals surface area contributed by atoms with Crippen molar-refractivity contribution < 1.29 is 24.1 Å². The van der Waals surface area contributed by atoms with E-state index in [1.807, 2.05) is 0 Å². The molecule has 2 heterocycles. The maximum atomic E-state index is 12.0. The Kier molecular flexibility index (Phi) is 6.91. The molecular weight excluding hydrogens is 330 g/mol. The summed E-state index contributed by atoms with van der Waals surface area (Å²) in [6.07, 6.45) is 0.547. The number of nitrogens with zero attached hydrogens (tertiary/aromatic N) is 2. The highest BCUT2D eigenvalue weighted by molar-refractivity contribution is 5.66. The number of carbonyl (C=O) groups is 1. The fraction of sp³-hybridized carbons (Fsp3) is 0.688. The first-order chi connectivity index (χ1) is 11.9. The number of hydrogen-bond donors (Lipinski definition) is 2. The second-order valence-corrected chi connectivity index (χ2v) is 5.95. The van der Waals surface area contributed by atoms with Gasteiger partial charge >= 0.3 is 11.7 Å². The molecule has 1 aliphatic rings. The van der Waals surface area contributed by atoms with Crippen LogP contribution in [0.25, 0.3) is 0 Å². The average Bonchev–Trinajstić information content (AvgIpc) is 2.83. The highest BCUT2D eigenvalue weighted by atomic mass is 16.6. The minimum Gasteiger partial charge on any atom is -0.457 e. The molecule has 4 atom stereocenters. The van der Waals surface area contributed by atoms with E-state index in [1.54, 1.807) is 0 Å². The van der Waals surface area contributed by atoms with Crippen LogP contribution in [0.5, 0.6) is 0 Å². The lowest BCUT2D eigenvalue weighted by Gasteiger charge is -2.20. The molecular formula is C16H25N3O6. The molecule has 0 spiro atoms. The van der Waals surface area contributed by atoms with Gasteiger partial charge in [-0.25, -0.2) is 4.79 Å². The van der Waals surface area contributed by atoms with Crippen molar-refractivity contribution in [1.82, 2.24) is 9.55 Å². The second-order valence-electron chi connectivity index (χ2n) is 5.95. The van der Waals surface area contributed by atoms with E-state index >= 15 is 0 Å². The van der Waals surface area contributed by atoms with E-state index in [-0.39, 0.29) is 12.4 Å². The summed E-state index contributed by atoms with van der Waals surface area (Å²) in [6.45, 7) is 4.03. The van der Waals surface area contributed by atoms with Crippen molar-refractivity contribution in [2.75, 3.05) is 18.9 Å². The van der Waals surface area contributed by atoms with Crippen LogP contribution in [0.3, 0.4) is 0 Å². The predicted molar refractivity (Wildman–Crippen MR) is 88.7 cm³/mol. The Balaban J connectivity index is 2.09. The highest BCUT2D eigenvalue weighted by Gasteiger charge is 2.47. The maximum Gasteiger partial charge on any atom is 0.351 e. The third kappa shape index (κ3) is 5.00. The monoisotopic (exact) mass is 355 g/mol. The summed E-state index contributed by atoms with van der Waals surface area (Å²) in [5.74, 6) is -0.479. The summed E-state index contributed by atoms with van der Waals surface area (Å²) >= 11 is 0. The number of nitrogens with two attached hydrogens (primary N) is 1. The van der Waals surface area contributed by atoms with Crippen molar-refractivity contribution in [3.8, 4) is 0 Å². The summed E-state index contributed by atoms with van der Waals surface area (Å²) in [5, 5.41) is 10.5. The summed E-state index contributed by atoms with van der Waals surface area (Å²) in [5.41, 5.74) is 4.81. The fourth-order valence-electron chi connectivity index (χ4n) is 2.69. The Labute approximate surface area is 145 Å². The zero-order valence-corrected chi connectivity index (χ0v) is 14.5. The number of carbonyl (C=O) groups excluding carboxylic acids is 1. The zero-order chi connectivity index (χ0) is 18.4. The molecule has 9 nitrogen and oxygen atoms in total. The van der Waals surface area contributed by atoms with E-state index < -0.39 is 36.2 Å². The average molecular weight is 355 g/mol. The molecule has 1 fully saturated rings. The van der Waals surface area contributed by atoms with Crippen LogP contribution in [0, 0.1) is 0 Å². The largest absolute Gasteiger partial charge is 0.457 e. The molecule has 2 rings (SSSR count). The number of aromatic nitrogens is 2. The zero-order valence-electron chi connectivity index (χ0n) is 14.5. The standard InChI is InChI=1S/C16H25N3O6/c1-3-4-5-8-23-9-11-14(24-10(2)20)13(21)15(25-11)19-7-6-12(17)18-16(19)22/h6-7,11,13-15,21H,3-5,8-9H2,1-2H3,(H2,17,18,22)/t11-,13+,14-,15-/m1/s1. The first-order valence-electron chi connectivity index (χ1n) is 8.37. The van der Waals surface area contributed by atoms with Crippen molar-refractivity contribution in [3.63, 3.8) is 0 Å². The van der Waals surface area contributed by atoms with Crippen LogP contribution in [0.15, 0.2) is 17.1 Å².